The van der Waals surface area contributed by atoms with E-state index in [0.29, 0.717) is 5.56 Å². The molecule has 0 heterocycles. The Morgan fingerprint density at radius 2 is 1.93 bits per heavy atom. The van der Waals surface area contributed by atoms with Gasteiger partial charge in [-0.3, -0.25) is 0 Å². The van der Waals surface area contributed by atoms with Gasteiger partial charge in [0, 0.05) is 0 Å². The van der Waals surface area contributed by atoms with Crippen molar-refractivity contribution in [2.75, 3.05) is 0 Å². The minimum Gasteiger partial charge on any atom is -0.207 e. The molecule has 0 N–H and O–H groups in total. The molecule has 0 aliphatic heterocycles. The molecule has 0 unspecified atom stereocenters. The summed E-state index contributed by atoms with van der Waals surface area (Å²) in [6.45, 7) is 3.64. The van der Waals surface area contributed by atoms with E-state index in [1.54, 1.807) is 13.0 Å². The molecule has 0 saturated heterocycles. The first-order valence-corrected chi connectivity index (χ1v) is 5.27. The molecule has 0 bridgehead atoms. The van der Waals surface area contributed by atoms with Crippen molar-refractivity contribution in [1.82, 2.24) is 0 Å². The summed E-state index contributed by atoms with van der Waals surface area (Å²) >= 11 is 0. The highest BCUT2D eigenvalue weighted by Crippen LogP contribution is 2.44. The molecule has 1 aromatic rings. The number of halogens is 1. The van der Waals surface area contributed by atoms with Gasteiger partial charge in [0.05, 0.1) is 11.5 Å². The number of hydrogen-bond donors (Lipinski definition) is 0. The third-order valence-corrected chi connectivity index (χ3v) is 3.44. The average molecular weight is 203 g/mol. The minimum atomic E-state index is -0.331. The maximum atomic E-state index is 13.3. The topological polar surface area (TPSA) is 23.8 Å². The van der Waals surface area contributed by atoms with Crippen molar-refractivity contribution in [3.63, 3.8) is 0 Å². The maximum Gasteiger partial charge on any atom is 0.126 e. The monoisotopic (exact) mass is 203 g/mol. The minimum absolute atomic E-state index is 0.177. The second kappa shape index (κ2) is 3.34. The molecule has 78 valence electrons. The van der Waals surface area contributed by atoms with E-state index in [2.05, 4.69) is 6.07 Å². The van der Waals surface area contributed by atoms with Crippen molar-refractivity contribution in [2.45, 2.75) is 38.5 Å². The molecule has 1 fully saturated rings. The first-order valence-electron chi connectivity index (χ1n) is 5.27. The molecular formula is C13H14FN. The molecule has 0 radical (unpaired) electrons. The lowest BCUT2D eigenvalue weighted by molar-refractivity contribution is 0.322. The van der Waals surface area contributed by atoms with Gasteiger partial charge in [-0.1, -0.05) is 6.07 Å². The highest BCUT2D eigenvalue weighted by Gasteiger charge is 2.40. The Bertz CT molecular complexity index is 439. The van der Waals surface area contributed by atoms with Crippen LogP contribution >= 0.6 is 0 Å². The SMILES string of the molecule is Cc1cc(C2(C#N)CCC2)c(C)cc1F. The Morgan fingerprint density at radius 3 is 2.40 bits per heavy atom. The van der Waals surface area contributed by atoms with Gasteiger partial charge < -0.3 is 0 Å². The van der Waals surface area contributed by atoms with Crippen molar-refractivity contribution in [1.29, 1.82) is 5.26 Å². The van der Waals surface area contributed by atoms with Crippen LogP contribution in [0.3, 0.4) is 0 Å². The number of hydrogen-bond acceptors (Lipinski definition) is 1. The Balaban J connectivity index is 2.54. The van der Waals surface area contributed by atoms with E-state index in [1.165, 1.54) is 0 Å². The summed E-state index contributed by atoms with van der Waals surface area (Å²) in [5.41, 5.74) is 2.23. The molecule has 1 aliphatic carbocycles. The molecule has 0 aromatic heterocycles. The summed E-state index contributed by atoms with van der Waals surface area (Å²) in [5.74, 6) is -0.177. The third-order valence-electron chi connectivity index (χ3n) is 3.44. The van der Waals surface area contributed by atoms with Crippen molar-refractivity contribution >= 4 is 0 Å². The van der Waals surface area contributed by atoms with E-state index in [-0.39, 0.29) is 11.2 Å². The summed E-state index contributed by atoms with van der Waals surface area (Å²) < 4.78 is 13.3. The second-order valence-electron chi connectivity index (χ2n) is 4.46. The normalized spacial score (nSPS) is 18.0. The van der Waals surface area contributed by atoms with Crippen LogP contribution < -0.4 is 0 Å². The predicted molar refractivity (Wildman–Crippen MR) is 57.0 cm³/mol. The molecule has 1 saturated carbocycles. The zero-order chi connectivity index (χ0) is 11.1. The zero-order valence-corrected chi connectivity index (χ0v) is 9.10. The second-order valence-corrected chi connectivity index (χ2v) is 4.46. The lowest BCUT2D eigenvalue weighted by Crippen LogP contribution is -2.33. The summed E-state index contributed by atoms with van der Waals surface area (Å²) in [5, 5.41) is 9.23. The molecule has 1 aliphatic rings. The first-order chi connectivity index (χ1) is 7.09. The van der Waals surface area contributed by atoms with Crippen molar-refractivity contribution in [3.8, 4) is 6.07 Å². The molecule has 0 amide bonds. The lowest BCUT2D eigenvalue weighted by atomic mass is 9.64. The summed E-state index contributed by atoms with van der Waals surface area (Å²) in [6.07, 6.45) is 2.92. The third kappa shape index (κ3) is 1.43. The van der Waals surface area contributed by atoms with Gasteiger partial charge in [-0.2, -0.15) is 5.26 Å². The molecule has 15 heavy (non-hydrogen) atoms. The van der Waals surface area contributed by atoms with E-state index in [4.69, 9.17) is 0 Å². The quantitative estimate of drug-likeness (QED) is 0.686. The van der Waals surface area contributed by atoms with Crippen molar-refractivity contribution in [3.05, 3.63) is 34.6 Å². The van der Waals surface area contributed by atoms with Crippen LogP contribution in [0.2, 0.25) is 0 Å². The average Bonchev–Trinajstić information content (AvgIpc) is 2.12. The fraction of sp³-hybridized carbons (Fsp3) is 0.462. The molecule has 0 atom stereocenters. The van der Waals surface area contributed by atoms with Gasteiger partial charge in [-0.05, 0) is 55.9 Å². The van der Waals surface area contributed by atoms with Crippen LogP contribution in [0.1, 0.15) is 36.0 Å². The van der Waals surface area contributed by atoms with E-state index in [1.807, 2.05) is 13.0 Å². The fourth-order valence-electron chi connectivity index (χ4n) is 2.27. The lowest BCUT2D eigenvalue weighted by Gasteiger charge is -2.37. The van der Waals surface area contributed by atoms with Crippen molar-refractivity contribution in [2.24, 2.45) is 0 Å². The zero-order valence-electron chi connectivity index (χ0n) is 9.10. The molecule has 0 spiro atoms. The van der Waals surface area contributed by atoms with Gasteiger partial charge in [-0.15, -0.1) is 0 Å². The molecule has 1 aromatic carbocycles. The fourth-order valence-corrected chi connectivity index (χ4v) is 2.27. The van der Waals surface area contributed by atoms with Gasteiger partial charge in [0.2, 0.25) is 0 Å². The van der Waals surface area contributed by atoms with E-state index >= 15 is 0 Å². The summed E-state index contributed by atoms with van der Waals surface area (Å²) in [4.78, 5) is 0. The van der Waals surface area contributed by atoms with Crippen LogP contribution in [0.25, 0.3) is 0 Å². The Labute approximate surface area is 89.5 Å². The predicted octanol–water partition coefficient (Wildman–Crippen LogP) is 3.39. The van der Waals surface area contributed by atoms with Crippen LogP contribution in [-0.2, 0) is 5.41 Å². The molecule has 2 heteroatoms. The van der Waals surface area contributed by atoms with Crippen LogP contribution in [-0.4, -0.2) is 0 Å². The standard InChI is InChI=1S/C13H14FN/c1-9-7-12(14)10(2)6-11(9)13(8-15)4-3-5-13/h6-7H,3-5H2,1-2H3. The van der Waals surface area contributed by atoms with E-state index in [9.17, 15) is 9.65 Å². The first kappa shape index (κ1) is 10.2. The smallest absolute Gasteiger partial charge is 0.126 e. The Hall–Kier alpha value is -1.36. The van der Waals surface area contributed by atoms with Gasteiger partial charge in [0.1, 0.15) is 5.82 Å². The highest BCUT2D eigenvalue weighted by atomic mass is 19.1. The van der Waals surface area contributed by atoms with Gasteiger partial charge in [0.25, 0.3) is 0 Å². The number of benzene rings is 1. The number of rotatable bonds is 1. The number of nitriles is 1. The molecule has 2 rings (SSSR count). The molecule has 1 nitrogen and oxygen atoms in total. The Kier molecular flexibility index (Phi) is 2.26. The van der Waals surface area contributed by atoms with Crippen molar-refractivity contribution < 1.29 is 4.39 Å². The van der Waals surface area contributed by atoms with Crippen LogP contribution in [0.5, 0.6) is 0 Å². The van der Waals surface area contributed by atoms with Crippen LogP contribution in [0.4, 0.5) is 4.39 Å². The van der Waals surface area contributed by atoms with Crippen LogP contribution in [0.15, 0.2) is 12.1 Å². The summed E-state index contributed by atoms with van der Waals surface area (Å²) in [7, 11) is 0. The highest BCUT2D eigenvalue weighted by molar-refractivity contribution is 5.43. The van der Waals surface area contributed by atoms with Crippen LogP contribution in [0, 0.1) is 31.0 Å². The Morgan fingerprint density at radius 1 is 1.27 bits per heavy atom. The van der Waals surface area contributed by atoms with E-state index in [0.717, 1.165) is 30.4 Å². The van der Waals surface area contributed by atoms with Gasteiger partial charge >= 0.3 is 0 Å². The molecular weight excluding hydrogens is 189 g/mol. The van der Waals surface area contributed by atoms with Gasteiger partial charge in [0.15, 0.2) is 0 Å². The van der Waals surface area contributed by atoms with E-state index < -0.39 is 0 Å². The summed E-state index contributed by atoms with van der Waals surface area (Å²) in [6, 6.07) is 5.78. The van der Waals surface area contributed by atoms with Gasteiger partial charge in [-0.25, -0.2) is 4.39 Å². The number of nitrogens with zero attached hydrogens (tertiary/aromatic N) is 1. The largest absolute Gasteiger partial charge is 0.207 e. The number of aryl methyl sites for hydroxylation is 2. The maximum absolute atomic E-state index is 13.3.